The fraction of sp³-hybridized carbons (Fsp3) is 0.100. The number of hydrogen-bond donors (Lipinski definition) is 2. The summed E-state index contributed by atoms with van der Waals surface area (Å²) in [5.41, 5.74) is -1.14. The molecule has 0 aliphatic heterocycles. The van der Waals surface area contributed by atoms with Gasteiger partial charge in [0.2, 0.25) is 0 Å². The highest BCUT2D eigenvalue weighted by molar-refractivity contribution is 7.92. The predicted octanol–water partition coefficient (Wildman–Crippen LogP) is 4.28. The van der Waals surface area contributed by atoms with Gasteiger partial charge >= 0.3 is 12.1 Å². The molecule has 0 aliphatic carbocycles. The van der Waals surface area contributed by atoms with Gasteiger partial charge in [-0.1, -0.05) is 6.07 Å². The number of methoxy groups -OCH3 is 1. The van der Waals surface area contributed by atoms with Crippen molar-refractivity contribution in [2.75, 3.05) is 11.8 Å². The summed E-state index contributed by atoms with van der Waals surface area (Å²) < 4.78 is 72.9. The van der Waals surface area contributed by atoms with Gasteiger partial charge < -0.3 is 9.84 Å². The van der Waals surface area contributed by atoms with Gasteiger partial charge in [0.05, 0.1) is 23.9 Å². The number of anilines is 1. The second-order valence-electron chi connectivity index (χ2n) is 6.27. The average Bonchev–Trinajstić information content (AvgIpc) is 2.73. The van der Waals surface area contributed by atoms with Crippen LogP contribution in [0.25, 0.3) is 11.1 Å². The molecule has 0 amide bonds. The Morgan fingerprint density at radius 1 is 1.06 bits per heavy atom. The molecule has 1 aromatic heterocycles. The van der Waals surface area contributed by atoms with Crippen molar-refractivity contribution >= 4 is 21.7 Å². The Morgan fingerprint density at radius 3 is 2.32 bits per heavy atom. The SMILES string of the molecule is COc1ccc(C(=O)O)cc1S(=O)(=O)Nc1cc(C(F)(F)F)ccc1-c1ccncc1. The van der Waals surface area contributed by atoms with E-state index in [0.29, 0.717) is 11.6 Å². The maximum absolute atomic E-state index is 13.2. The van der Waals surface area contributed by atoms with Crippen LogP contribution < -0.4 is 9.46 Å². The normalized spacial score (nSPS) is 11.7. The van der Waals surface area contributed by atoms with E-state index in [4.69, 9.17) is 9.84 Å². The predicted molar refractivity (Wildman–Crippen MR) is 105 cm³/mol. The number of carboxylic acids is 1. The maximum Gasteiger partial charge on any atom is 0.416 e. The summed E-state index contributed by atoms with van der Waals surface area (Å²) in [5, 5.41) is 9.16. The van der Waals surface area contributed by atoms with Crippen molar-refractivity contribution in [3.05, 3.63) is 72.1 Å². The number of aromatic carboxylic acids is 1. The number of aromatic nitrogens is 1. The number of rotatable bonds is 6. The Morgan fingerprint density at radius 2 is 1.74 bits per heavy atom. The minimum atomic E-state index is -4.71. The van der Waals surface area contributed by atoms with Crippen LogP contribution in [0.3, 0.4) is 0 Å². The molecule has 2 N–H and O–H groups in total. The second kappa shape index (κ2) is 8.26. The van der Waals surface area contributed by atoms with E-state index in [-0.39, 0.29) is 22.6 Å². The van der Waals surface area contributed by atoms with Crippen molar-refractivity contribution in [3.63, 3.8) is 0 Å². The number of nitrogens with one attached hydrogen (secondary N) is 1. The van der Waals surface area contributed by atoms with Crippen LogP contribution in [0.1, 0.15) is 15.9 Å². The average molecular weight is 452 g/mol. The molecule has 2 aromatic carbocycles. The van der Waals surface area contributed by atoms with Crippen molar-refractivity contribution in [2.24, 2.45) is 0 Å². The van der Waals surface area contributed by atoms with Gasteiger partial charge in [0, 0.05) is 18.0 Å². The third-order valence-electron chi connectivity index (χ3n) is 4.28. The van der Waals surface area contributed by atoms with E-state index in [0.717, 1.165) is 30.3 Å². The van der Waals surface area contributed by atoms with E-state index >= 15 is 0 Å². The Bertz CT molecular complexity index is 1230. The van der Waals surface area contributed by atoms with Crippen LogP contribution in [0.4, 0.5) is 18.9 Å². The molecule has 162 valence electrons. The van der Waals surface area contributed by atoms with Crippen LogP contribution in [-0.2, 0) is 16.2 Å². The molecule has 31 heavy (non-hydrogen) atoms. The number of sulfonamides is 1. The lowest BCUT2D eigenvalue weighted by Gasteiger charge is -2.17. The summed E-state index contributed by atoms with van der Waals surface area (Å²) in [7, 11) is -3.34. The number of carboxylic acid groups (broad SMARTS) is 1. The lowest BCUT2D eigenvalue weighted by Crippen LogP contribution is -2.16. The molecule has 0 atom stereocenters. The standard InChI is InChI=1S/C20H15F3N2O5S/c1-30-17-5-2-13(19(26)27)10-18(17)31(28,29)25-16-11-14(20(21,22)23)3-4-15(16)12-6-8-24-9-7-12/h2-11,25H,1H3,(H,26,27). The van der Waals surface area contributed by atoms with Crippen molar-refractivity contribution in [3.8, 4) is 16.9 Å². The molecule has 0 saturated carbocycles. The first-order valence-corrected chi connectivity index (χ1v) is 10.1. The summed E-state index contributed by atoms with van der Waals surface area (Å²) in [6.45, 7) is 0. The highest BCUT2D eigenvalue weighted by Gasteiger charge is 2.32. The molecule has 1 heterocycles. The summed E-state index contributed by atoms with van der Waals surface area (Å²) in [4.78, 5) is 14.5. The van der Waals surface area contributed by atoms with Gasteiger partial charge in [-0.3, -0.25) is 9.71 Å². The molecule has 0 aliphatic rings. The van der Waals surface area contributed by atoms with Crippen molar-refractivity contribution in [2.45, 2.75) is 11.1 Å². The molecule has 0 fully saturated rings. The van der Waals surface area contributed by atoms with Crippen LogP contribution in [0, 0.1) is 0 Å². The molecule has 0 unspecified atom stereocenters. The minimum absolute atomic E-state index is 0.171. The largest absolute Gasteiger partial charge is 0.495 e. The van der Waals surface area contributed by atoms with Gasteiger partial charge in [0.15, 0.2) is 0 Å². The molecular weight excluding hydrogens is 437 g/mol. The number of carbonyl (C=O) groups is 1. The minimum Gasteiger partial charge on any atom is -0.495 e. The number of hydrogen-bond acceptors (Lipinski definition) is 5. The zero-order valence-corrected chi connectivity index (χ0v) is 16.7. The lowest BCUT2D eigenvalue weighted by atomic mass is 10.0. The molecule has 11 heteroatoms. The third kappa shape index (κ3) is 4.77. The van der Waals surface area contributed by atoms with Crippen LogP contribution >= 0.6 is 0 Å². The first kappa shape index (κ1) is 22.1. The highest BCUT2D eigenvalue weighted by Crippen LogP contribution is 2.37. The summed E-state index contributed by atoms with van der Waals surface area (Å²) in [6, 6.07) is 8.81. The van der Waals surface area contributed by atoms with Crippen LogP contribution in [-0.4, -0.2) is 31.6 Å². The Kier molecular flexibility index (Phi) is 5.89. The number of ether oxygens (including phenoxy) is 1. The molecule has 0 bridgehead atoms. The van der Waals surface area contributed by atoms with Crippen LogP contribution in [0.5, 0.6) is 5.75 Å². The first-order valence-electron chi connectivity index (χ1n) is 8.59. The van der Waals surface area contributed by atoms with Gasteiger partial charge in [0.1, 0.15) is 10.6 Å². The number of halogens is 3. The summed E-state index contributed by atoms with van der Waals surface area (Å²) >= 11 is 0. The van der Waals surface area contributed by atoms with Gasteiger partial charge in [0.25, 0.3) is 10.0 Å². The second-order valence-corrected chi connectivity index (χ2v) is 7.92. The van der Waals surface area contributed by atoms with E-state index in [1.165, 1.54) is 31.6 Å². The van der Waals surface area contributed by atoms with Crippen LogP contribution in [0.2, 0.25) is 0 Å². The van der Waals surface area contributed by atoms with E-state index in [2.05, 4.69) is 9.71 Å². The van der Waals surface area contributed by atoms with E-state index < -0.39 is 32.6 Å². The fourth-order valence-corrected chi connectivity index (χ4v) is 4.07. The van der Waals surface area contributed by atoms with Crippen molar-refractivity contribution in [1.82, 2.24) is 4.98 Å². The third-order valence-corrected chi connectivity index (χ3v) is 5.67. The smallest absolute Gasteiger partial charge is 0.416 e. The van der Waals surface area contributed by atoms with Crippen molar-refractivity contribution in [1.29, 1.82) is 0 Å². The van der Waals surface area contributed by atoms with E-state index in [9.17, 15) is 26.4 Å². The fourth-order valence-electron chi connectivity index (χ4n) is 2.81. The molecule has 0 saturated heterocycles. The number of pyridine rings is 1. The topological polar surface area (TPSA) is 106 Å². The molecular formula is C20H15F3N2O5S. The number of nitrogens with zero attached hydrogens (tertiary/aromatic N) is 1. The molecule has 3 rings (SSSR count). The lowest BCUT2D eigenvalue weighted by molar-refractivity contribution is -0.137. The molecule has 0 radical (unpaired) electrons. The highest BCUT2D eigenvalue weighted by atomic mass is 32.2. The first-order chi connectivity index (χ1) is 14.5. The number of benzene rings is 2. The molecule has 0 spiro atoms. The van der Waals surface area contributed by atoms with E-state index in [1.54, 1.807) is 0 Å². The maximum atomic E-state index is 13.2. The van der Waals surface area contributed by atoms with E-state index in [1.807, 2.05) is 0 Å². The monoisotopic (exact) mass is 452 g/mol. The zero-order chi connectivity index (χ0) is 22.8. The molecule has 7 nitrogen and oxygen atoms in total. The van der Waals surface area contributed by atoms with Gasteiger partial charge in [-0.2, -0.15) is 13.2 Å². The Hall–Kier alpha value is -3.60. The van der Waals surface area contributed by atoms with Gasteiger partial charge in [-0.15, -0.1) is 0 Å². The quantitative estimate of drug-likeness (QED) is 0.579. The Balaban J connectivity index is 2.17. The van der Waals surface area contributed by atoms with Gasteiger partial charge in [-0.05, 0) is 48.0 Å². The summed E-state index contributed by atoms with van der Waals surface area (Å²) in [5.74, 6) is -1.55. The molecule has 3 aromatic rings. The van der Waals surface area contributed by atoms with Gasteiger partial charge in [-0.25, -0.2) is 13.2 Å². The van der Waals surface area contributed by atoms with Crippen LogP contribution in [0.15, 0.2) is 65.8 Å². The zero-order valence-electron chi connectivity index (χ0n) is 15.8. The number of alkyl halides is 3. The van der Waals surface area contributed by atoms with Crippen molar-refractivity contribution < 1.29 is 36.2 Å². The summed E-state index contributed by atoms with van der Waals surface area (Å²) in [6.07, 6.45) is -1.90. The Labute approximate surface area is 175 Å².